The van der Waals surface area contributed by atoms with Gasteiger partial charge in [0.05, 0.1) is 6.54 Å². The molecule has 2 rings (SSSR count). The van der Waals surface area contributed by atoms with Gasteiger partial charge in [-0.15, -0.1) is 12.4 Å². The van der Waals surface area contributed by atoms with Gasteiger partial charge in [-0.05, 0) is 19.4 Å². The van der Waals surface area contributed by atoms with Crippen molar-refractivity contribution in [3.8, 4) is 0 Å². The Morgan fingerprint density at radius 2 is 2.25 bits per heavy atom. The second kappa shape index (κ2) is 6.06. The van der Waals surface area contributed by atoms with E-state index < -0.39 is 0 Å². The number of carbonyl (C=O) groups is 2. The summed E-state index contributed by atoms with van der Waals surface area (Å²) >= 11 is 0. The smallest absolute Gasteiger partial charge is 0.239 e. The van der Waals surface area contributed by atoms with Crippen LogP contribution >= 0.6 is 12.4 Å². The van der Waals surface area contributed by atoms with Crippen molar-refractivity contribution in [1.82, 2.24) is 15.5 Å². The van der Waals surface area contributed by atoms with Crippen molar-refractivity contribution in [2.75, 3.05) is 26.2 Å². The van der Waals surface area contributed by atoms with Gasteiger partial charge in [-0.3, -0.25) is 9.59 Å². The number of carbonyl (C=O) groups excluding carboxylic acids is 2. The summed E-state index contributed by atoms with van der Waals surface area (Å²) < 4.78 is 0. The molecule has 0 bridgehead atoms. The lowest BCUT2D eigenvalue weighted by atomic mass is 10.1. The Balaban J connectivity index is 0.00000128. The summed E-state index contributed by atoms with van der Waals surface area (Å²) in [5.41, 5.74) is 0. The molecule has 0 radical (unpaired) electrons. The third kappa shape index (κ3) is 3.35. The van der Waals surface area contributed by atoms with E-state index in [1.54, 1.807) is 4.90 Å². The molecule has 2 fully saturated rings. The highest BCUT2D eigenvalue weighted by atomic mass is 35.5. The Morgan fingerprint density at radius 3 is 2.88 bits per heavy atom. The highest BCUT2D eigenvalue weighted by Crippen LogP contribution is 2.10. The minimum atomic E-state index is -0.0472. The Bertz CT molecular complexity index is 267. The van der Waals surface area contributed by atoms with Crippen molar-refractivity contribution in [3.63, 3.8) is 0 Å². The highest BCUT2D eigenvalue weighted by Gasteiger charge is 2.24. The molecule has 1 atom stereocenters. The van der Waals surface area contributed by atoms with Crippen LogP contribution in [0.25, 0.3) is 0 Å². The number of halogens is 1. The molecule has 1 unspecified atom stereocenters. The predicted octanol–water partition coefficient (Wildman–Crippen LogP) is -0.491. The van der Waals surface area contributed by atoms with Gasteiger partial charge in [-0.2, -0.15) is 0 Å². The molecule has 0 aromatic rings. The third-order valence-corrected chi connectivity index (χ3v) is 2.97. The molecule has 5 nitrogen and oxygen atoms in total. The van der Waals surface area contributed by atoms with E-state index in [-0.39, 0.29) is 30.8 Å². The second-order valence-corrected chi connectivity index (χ2v) is 4.16. The summed E-state index contributed by atoms with van der Waals surface area (Å²) in [5, 5.41) is 6.00. The van der Waals surface area contributed by atoms with Crippen LogP contribution in [0.4, 0.5) is 0 Å². The van der Waals surface area contributed by atoms with E-state index in [0.29, 0.717) is 25.6 Å². The van der Waals surface area contributed by atoms with E-state index in [9.17, 15) is 9.59 Å². The lowest BCUT2D eigenvalue weighted by molar-refractivity contribution is -0.138. The second-order valence-electron chi connectivity index (χ2n) is 4.16. The summed E-state index contributed by atoms with van der Waals surface area (Å²) in [6, 6.07) is 0.322. The number of piperazine rings is 1. The predicted molar refractivity (Wildman–Crippen MR) is 62.5 cm³/mol. The number of nitrogens with zero attached hydrogens (tertiary/aromatic N) is 1. The molecule has 2 N–H and O–H groups in total. The van der Waals surface area contributed by atoms with Crippen molar-refractivity contribution in [2.45, 2.75) is 25.3 Å². The maximum atomic E-state index is 11.8. The number of hydrogen-bond donors (Lipinski definition) is 2. The van der Waals surface area contributed by atoms with Gasteiger partial charge in [0.1, 0.15) is 0 Å². The molecule has 0 spiro atoms. The van der Waals surface area contributed by atoms with Crippen LogP contribution in [0.15, 0.2) is 0 Å². The van der Waals surface area contributed by atoms with Crippen molar-refractivity contribution < 1.29 is 9.59 Å². The van der Waals surface area contributed by atoms with Crippen LogP contribution in [0, 0.1) is 0 Å². The largest absolute Gasteiger partial charge is 0.353 e. The molecular weight excluding hydrogens is 230 g/mol. The SMILES string of the molecule is Cl.O=C1CN(C(=O)CC2CCCN2)CCN1. The lowest BCUT2D eigenvalue weighted by Gasteiger charge is -2.27. The minimum Gasteiger partial charge on any atom is -0.353 e. The fraction of sp³-hybridized carbons (Fsp3) is 0.800. The first-order valence-electron chi connectivity index (χ1n) is 5.53. The summed E-state index contributed by atoms with van der Waals surface area (Å²) in [6.07, 6.45) is 2.76. The maximum Gasteiger partial charge on any atom is 0.239 e. The van der Waals surface area contributed by atoms with Crippen LogP contribution in [0.2, 0.25) is 0 Å². The average Bonchev–Trinajstić information content (AvgIpc) is 2.70. The Hall–Kier alpha value is -0.810. The Labute approximate surface area is 101 Å². The first kappa shape index (κ1) is 13.3. The zero-order valence-electron chi connectivity index (χ0n) is 9.20. The Kier molecular flexibility index (Phi) is 5.02. The molecule has 2 aliphatic rings. The molecule has 0 aliphatic carbocycles. The van der Waals surface area contributed by atoms with E-state index in [4.69, 9.17) is 0 Å². The molecule has 92 valence electrons. The number of rotatable bonds is 2. The van der Waals surface area contributed by atoms with Crippen LogP contribution in [-0.4, -0.2) is 48.9 Å². The molecule has 0 aromatic carbocycles. The first-order chi connectivity index (χ1) is 7.25. The van der Waals surface area contributed by atoms with Crippen LogP contribution in [0.1, 0.15) is 19.3 Å². The van der Waals surface area contributed by atoms with Gasteiger partial charge in [-0.25, -0.2) is 0 Å². The van der Waals surface area contributed by atoms with Crippen LogP contribution in [0.5, 0.6) is 0 Å². The summed E-state index contributed by atoms with van der Waals surface area (Å²) in [4.78, 5) is 24.6. The van der Waals surface area contributed by atoms with E-state index in [0.717, 1.165) is 19.4 Å². The van der Waals surface area contributed by atoms with E-state index in [1.807, 2.05) is 0 Å². The molecule has 2 aliphatic heterocycles. The van der Waals surface area contributed by atoms with Gasteiger partial charge in [-0.1, -0.05) is 0 Å². The molecule has 6 heteroatoms. The zero-order valence-corrected chi connectivity index (χ0v) is 10.0. The molecule has 2 heterocycles. The van der Waals surface area contributed by atoms with Gasteiger partial charge in [0.25, 0.3) is 0 Å². The van der Waals surface area contributed by atoms with Crippen molar-refractivity contribution in [2.24, 2.45) is 0 Å². The van der Waals surface area contributed by atoms with Gasteiger partial charge in [0, 0.05) is 25.6 Å². The normalized spacial score (nSPS) is 24.9. The van der Waals surface area contributed by atoms with E-state index in [1.165, 1.54) is 0 Å². The standard InChI is InChI=1S/C10H17N3O2.ClH/c14-9-7-13(5-4-12-9)10(15)6-8-2-1-3-11-8;/h8,11H,1-7H2,(H,12,14);1H. The zero-order chi connectivity index (χ0) is 10.7. The Morgan fingerprint density at radius 1 is 1.44 bits per heavy atom. The highest BCUT2D eigenvalue weighted by molar-refractivity contribution is 5.86. The minimum absolute atomic E-state index is 0. The fourth-order valence-corrected chi connectivity index (χ4v) is 2.12. The van der Waals surface area contributed by atoms with Crippen molar-refractivity contribution in [1.29, 1.82) is 0 Å². The van der Waals surface area contributed by atoms with Crippen LogP contribution in [0.3, 0.4) is 0 Å². The molecule has 0 aromatic heterocycles. The maximum absolute atomic E-state index is 11.8. The summed E-state index contributed by atoms with van der Waals surface area (Å²) in [7, 11) is 0. The van der Waals surface area contributed by atoms with Crippen LogP contribution < -0.4 is 10.6 Å². The van der Waals surface area contributed by atoms with Gasteiger partial charge < -0.3 is 15.5 Å². The quantitative estimate of drug-likeness (QED) is 0.692. The first-order valence-corrected chi connectivity index (χ1v) is 5.53. The van der Waals surface area contributed by atoms with Crippen LogP contribution in [-0.2, 0) is 9.59 Å². The number of amides is 2. The molecular formula is C10H18ClN3O2. The van der Waals surface area contributed by atoms with Gasteiger partial charge >= 0.3 is 0 Å². The van der Waals surface area contributed by atoms with Crippen molar-refractivity contribution in [3.05, 3.63) is 0 Å². The summed E-state index contributed by atoms with van der Waals surface area (Å²) in [6.45, 7) is 2.48. The van der Waals surface area contributed by atoms with E-state index >= 15 is 0 Å². The average molecular weight is 248 g/mol. The number of nitrogens with one attached hydrogen (secondary N) is 2. The third-order valence-electron chi connectivity index (χ3n) is 2.97. The lowest BCUT2D eigenvalue weighted by Crippen LogP contribution is -2.50. The monoisotopic (exact) mass is 247 g/mol. The van der Waals surface area contributed by atoms with Crippen molar-refractivity contribution >= 4 is 24.2 Å². The molecule has 0 saturated carbocycles. The molecule has 2 saturated heterocycles. The topological polar surface area (TPSA) is 61.4 Å². The van der Waals surface area contributed by atoms with E-state index in [2.05, 4.69) is 10.6 Å². The summed E-state index contributed by atoms with van der Waals surface area (Å²) in [5.74, 6) is 0.0539. The number of hydrogen-bond acceptors (Lipinski definition) is 3. The molecule has 2 amide bonds. The fourth-order valence-electron chi connectivity index (χ4n) is 2.12. The van der Waals surface area contributed by atoms with Gasteiger partial charge in [0.2, 0.25) is 11.8 Å². The van der Waals surface area contributed by atoms with Gasteiger partial charge in [0.15, 0.2) is 0 Å². The molecule has 16 heavy (non-hydrogen) atoms.